The summed E-state index contributed by atoms with van der Waals surface area (Å²) in [5.41, 5.74) is 0.285. The zero-order valence-corrected chi connectivity index (χ0v) is 6.63. The molecular weight excluding hydrogens is 170 g/mol. The first kappa shape index (κ1) is 7.60. The highest BCUT2D eigenvalue weighted by Crippen LogP contribution is 2.08. The quantitative estimate of drug-likeness (QED) is 0.575. The maximum Gasteiger partial charge on any atom is 0.326 e. The van der Waals surface area contributed by atoms with Crippen LogP contribution >= 0.6 is 0 Å². The molecule has 0 unspecified atom stereocenters. The molecule has 0 fully saturated rings. The number of nitrogens with one attached hydrogen (secondary N) is 3. The maximum atomic E-state index is 10.9. The van der Waals surface area contributed by atoms with Crippen LogP contribution in [0.1, 0.15) is 0 Å². The van der Waals surface area contributed by atoms with E-state index in [9.17, 15) is 9.59 Å². The van der Waals surface area contributed by atoms with Crippen molar-refractivity contribution in [2.75, 3.05) is 0 Å². The summed E-state index contributed by atoms with van der Waals surface area (Å²) in [6.45, 7) is 0. The van der Waals surface area contributed by atoms with Gasteiger partial charge in [-0.05, 0) is 12.1 Å². The maximum absolute atomic E-state index is 10.9. The van der Waals surface area contributed by atoms with Crippen molar-refractivity contribution in [2.45, 2.75) is 0 Å². The minimum atomic E-state index is -0.503. The van der Waals surface area contributed by atoms with Crippen LogP contribution in [0.5, 0.6) is 0 Å². The molecule has 0 amide bonds. The van der Waals surface area contributed by atoms with Gasteiger partial charge in [0, 0.05) is 12.3 Å². The van der Waals surface area contributed by atoms with Gasteiger partial charge in [0.25, 0.3) is 5.56 Å². The molecule has 5 heteroatoms. The third-order valence-electron chi connectivity index (χ3n) is 1.65. The number of aromatic nitrogens is 3. The summed E-state index contributed by atoms with van der Waals surface area (Å²) in [5, 5.41) is 0. The molecule has 0 aliphatic carbocycles. The van der Waals surface area contributed by atoms with E-state index in [1.807, 2.05) is 0 Å². The molecular formula is C8H7N3O2. The first-order valence-electron chi connectivity index (χ1n) is 3.73. The summed E-state index contributed by atoms with van der Waals surface area (Å²) in [5.74, 6) is 0. The van der Waals surface area contributed by atoms with Crippen LogP contribution in [0.4, 0.5) is 0 Å². The number of hydrogen-bond acceptors (Lipinski definition) is 2. The fourth-order valence-electron chi connectivity index (χ4n) is 1.11. The molecule has 0 radical (unpaired) electrons. The predicted molar refractivity (Wildman–Crippen MR) is 47.5 cm³/mol. The van der Waals surface area contributed by atoms with Crippen molar-refractivity contribution in [3.63, 3.8) is 0 Å². The lowest BCUT2D eigenvalue weighted by atomic mass is 10.3. The van der Waals surface area contributed by atoms with Gasteiger partial charge in [-0.2, -0.15) is 0 Å². The van der Waals surface area contributed by atoms with Crippen LogP contribution in [0.15, 0.2) is 34.0 Å². The average Bonchev–Trinajstić information content (AvgIpc) is 2.53. The first-order valence-corrected chi connectivity index (χ1v) is 3.73. The second-order valence-corrected chi connectivity index (χ2v) is 2.59. The second-order valence-electron chi connectivity index (χ2n) is 2.59. The number of rotatable bonds is 1. The summed E-state index contributed by atoms with van der Waals surface area (Å²) in [6, 6.07) is 4.88. The van der Waals surface area contributed by atoms with Crippen molar-refractivity contribution in [3.8, 4) is 11.4 Å². The summed E-state index contributed by atoms with van der Waals surface area (Å²) in [7, 11) is 0. The molecule has 2 aromatic rings. The molecule has 0 bridgehead atoms. The predicted octanol–water partition coefficient (Wildman–Crippen LogP) is 0.0583. The third-order valence-corrected chi connectivity index (χ3v) is 1.65. The van der Waals surface area contributed by atoms with E-state index in [0.29, 0.717) is 11.4 Å². The van der Waals surface area contributed by atoms with E-state index in [2.05, 4.69) is 15.0 Å². The van der Waals surface area contributed by atoms with Gasteiger partial charge in [0.1, 0.15) is 0 Å². The van der Waals surface area contributed by atoms with Crippen LogP contribution in [-0.2, 0) is 0 Å². The van der Waals surface area contributed by atoms with Crippen molar-refractivity contribution in [1.82, 2.24) is 15.0 Å². The number of aromatic amines is 3. The van der Waals surface area contributed by atoms with E-state index < -0.39 is 11.2 Å². The fraction of sp³-hybridized carbons (Fsp3) is 0. The Bertz CT molecular complexity index is 478. The Balaban J connectivity index is 2.66. The highest BCUT2D eigenvalue weighted by molar-refractivity contribution is 5.52. The van der Waals surface area contributed by atoms with E-state index in [4.69, 9.17) is 0 Å². The van der Waals surface area contributed by atoms with Crippen molar-refractivity contribution >= 4 is 0 Å². The number of H-pyrrole nitrogens is 3. The molecule has 3 N–H and O–H groups in total. The van der Waals surface area contributed by atoms with Crippen molar-refractivity contribution in [3.05, 3.63) is 45.2 Å². The molecule has 2 heterocycles. The molecule has 0 aliphatic rings. The largest absolute Gasteiger partial charge is 0.360 e. The molecule has 2 aromatic heterocycles. The Labute approximate surface area is 72.5 Å². The summed E-state index contributed by atoms with van der Waals surface area (Å²) >= 11 is 0. The summed E-state index contributed by atoms with van der Waals surface area (Å²) < 4.78 is 0. The van der Waals surface area contributed by atoms with Gasteiger partial charge in [0.15, 0.2) is 0 Å². The van der Waals surface area contributed by atoms with Gasteiger partial charge in [-0.15, -0.1) is 0 Å². The topological polar surface area (TPSA) is 81.5 Å². The first-order chi connectivity index (χ1) is 6.25. The smallest absolute Gasteiger partial charge is 0.326 e. The molecule has 5 nitrogen and oxygen atoms in total. The molecule has 0 saturated carbocycles. The van der Waals surface area contributed by atoms with E-state index in [1.54, 1.807) is 18.3 Å². The van der Waals surface area contributed by atoms with E-state index in [-0.39, 0.29) is 0 Å². The van der Waals surface area contributed by atoms with Gasteiger partial charge in [-0.25, -0.2) is 4.79 Å². The fourth-order valence-corrected chi connectivity index (χ4v) is 1.11. The highest BCUT2D eigenvalue weighted by atomic mass is 16.2. The lowest BCUT2D eigenvalue weighted by Gasteiger charge is -1.94. The van der Waals surface area contributed by atoms with Crippen molar-refractivity contribution < 1.29 is 0 Å². The van der Waals surface area contributed by atoms with Crippen LogP contribution in [0.3, 0.4) is 0 Å². The Morgan fingerprint density at radius 2 is 1.92 bits per heavy atom. The Morgan fingerprint density at radius 1 is 1.08 bits per heavy atom. The zero-order chi connectivity index (χ0) is 9.26. The van der Waals surface area contributed by atoms with Gasteiger partial charge in [0.05, 0.1) is 11.4 Å². The molecule has 0 aromatic carbocycles. The molecule has 0 atom stereocenters. The molecule has 0 saturated heterocycles. The van der Waals surface area contributed by atoms with Crippen LogP contribution in [-0.4, -0.2) is 15.0 Å². The molecule has 2 rings (SSSR count). The van der Waals surface area contributed by atoms with Gasteiger partial charge in [-0.3, -0.25) is 9.78 Å². The lowest BCUT2D eigenvalue weighted by Crippen LogP contribution is -2.21. The average molecular weight is 177 g/mol. The molecule has 0 spiro atoms. The minimum Gasteiger partial charge on any atom is -0.360 e. The Morgan fingerprint density at radius 3 is 2.54 bits per heavy atom. The van der Waals surface area contributed by atoms with E-state index >= 15 is 0 Å². The Hall–Kier alpha value is -2.04. The van der Waals surface area contributed by atoms with Gasteiger partial charge in [-0.1, -0.05) is 0 Å². The highest BCUT2D eigenvalue weighted by Gasteiger charge is 1.99. The molecule has 0 aliphatic heterocycles. The summed E-state index contributed by atoms with van der Waals surface area (Å²) in [4.78, 5) is 29.3. The second kappa shape index (κ2) is 2.78. The monoisotopic (exact) mass is 177 g/mol. The van der Waals surface area contributed by atoms with Gasteiger partial charge in [0.2, 0.25) is 0 Å². The molecule has 13 heavy (non-hydrogen) atoms. The van der Waals surface area contributed by atoms with Crippen LogP contribution < -0.4 is 11.2 Å². The van der Waals surface area contributed by atoms with Gasteiger partial charge >= 0.3 is 5.69 Å². The summed E-state index contributed by atoms with van der Waals surface area (Å²) in [6.07, 6.45) is 1.72. The third kappa shape index (κ3) is 1.44. The standard InChI is InChI=1S/C8H7N3O2/c12-7-4-6(10-8(13)11-7)5-2-1-3-9-5/h1-4,9H,(H2,10,11,12,13). The van der Waals surface area contributed by atoms with Crippen LogP contribution in [0, 0.1) is 0 Å². The number of hydrogen-bond donors (Lipinski definition) is 3. The molecule has 66 valence electrons. The van der Waals surface area contributed by atoms with Crippen molar-refractivity contribution in [2.24, 2.45) is 0 Å². The van der Waals surface area contributed by atoms with E-state index in [0.717, 1.165) is 0 Å². The minimum absolute atomic E-state index is 0.409. The van der Waals surface area contributed by atoms with Crippen molar-refractivity contribution in [1.29, 1.82) is 0 Å². The van der Waals surface area contributed by atoms with E-state index in [1.165, 1.54) is 6.07 Å². The van der Waals surface area contributed by atoms with Crippen LogP contribution in [0.2, 0.25) is 0 Å². The van der Waals surface area contributed by atoms with Gasteiger partial charge < -0.3 is 9.97 Å². The normalized spacial score (nSPS) is 10.2. The SMILES string of the molecule is O=c1cc(-c2ccc[nH]2)[nH]c(=O)[nH]1. The Kier molecular flexibility index (Phi) is 1.63. The van der Waals surface area contributed by atoms with Crippen LogP contribution in [0.25, 0.3) is 11.4 Å². The zero-order valence-electron chi connectivity index (χ0n) is 6.63. The lowest BCUT2D eigenvalue weighted by molar-refractivity contribution is 1.04.